The molecular weight excluding hydrogens is 456 g/mol. The van der Waals surface area contributed by atoms with E-state index in [2.05, 4.69) is 10.6 Å². The summed E-state index contributed by atoms with van der Waals surface area (Å²) in [7, 11) is 4.74. The van der Waals surface area contributed by atoms with Crippen LogP contribution in [-0.4, -0.2) is 27.2 Å². The van der Waals surface area contributed by atoms with Gasteiger partial charge in [0.15, 0.2) is 11.5 Å². The molecule has 0 radical (unpaired) electrons. The number of rotatable bonds is 7. The largest absolute Gasteiger partial charge is 0.493 e. The fraction of sp³-hybridized carbons (Fsp3) is 0.310. The second-order valence-corrected chi connectivity index (χ2v) is 8.87. The molecule has 1 amide bonds. The monoisotopic (exact) mass is 488 g/mol. The van der Waals surface area contributed by atoms with Crippen LogP contribution in [0.3, 0.4) is 0 Å². The molecule has 188 valence electrons. The lowest BCUT2D eigenvalue weighted by molar-refractivity contribution is -0.119. The molecule has 2 atom stereocenters. The van der Waals surface area contributed by atoms with Gasteiger partial charge in [-0.2, -0.15) is 0 Å². The molecule has 3 aromatic rings. The van der Waals surface area contributed by atoms with Crippen LogP contribution in [0.25, 0.3) is 11.1 Å². The molecular formula is C29H32N2O5. The van der Waals surface area contributed by atoms with E-state index in [4.69, 9.17) is 14.2 Å². The molecule has 0 heterocycles. The molecule has 4 rings (SSSR count). The average Bonchev–Trinajstić information content (AvgIpc) is 3.12. The van der Waals surface area contributed by atoms with E-state index in [0.29, 0.717) is 35.8 Å². The molecule has 7 heteroatoms. The standard InChI is InChI=1S/C29H32N2O5/c1-17(19-9-7-6-8-10-19)30-24-14-12-21-22(16-25(24)33)23(31-18(2)32)13-11-20-15-26(34-3)28(35-4)29(36-5)27(20)21/h6-10,12,14-17,23H,11,13H2,1-5H3,(H,30,33)(H,31,32)/t17-,23+/m0/s1. The summed E-state index contributed by atoms with van der Waals surface area (Å²) >= 11 is 0. The van der Waals surface area contributed by atoms with Crippen molar-refractivity contribution in [2.75, 3.05) is 26.6 Å². The molecule has 0 fully saturated rings. The van der Waals surface area contributed by atoms with E-state index < -0.39 is 0 Å². The average molecular weight is 489 g/mol. The first-order chi connectivity index (χ1) is 17.4. The maximum atomic E-state index is 13.4. The number of benzene rings is 2. The van der Waals surface area contributed by atoms with Crippen molar-refractivity contribution in [2.24, 2.45) is 0 Å². The van der Waals surface area contributed by atoms with Crippen LogP contribution in [0, 0.1) is 0 Å². The molecule has 0 aliphatic heterocycles. The van der Waals surface area contributed by atoms with Crippen molar-refractivity contribution >= 4 is 11.6 Å². The number of ether oxygens (including phenoxy) is 3. The van der Waals surface area contributed by atoms with Crippen molar-refractivity contribution in [3.05, 3.63) is 81.5 Å². The van der Waals surface area contributed by atoms with Crippen molar-refractivity contribution in [1.82, 2.24) is 5.32 Å². The zero-order valence-corrected chi connectivity index (χ0v) is 21.3. The van der Waals surface area contributed by atoms with Gasteiger partial charge in [-0.05, 0) is 60.2 Å². The fourth-order valence-corrected chi connectivity index (χ4v) is 4.89. The minimum Gasteiger partial charge on any atom is -0.493 e. The Kier molecular flexibility index (Phi) is 7.48. The molecule has 2 N–H and O–H groups in total. The van der Waals surface area contributed by atoms with Gasteiger partial charge in [0.05, 0.1) is 33.1 Å². The quantitative estimate of drug-likeness (QED) is 0.485. The van der Waals surface area contributed by atoms with E-state index in [0.717, 1.165) is 27.8 Å². The van der Waals surface area contributed by atoms with Crippen molar-refractivity contribution in [1.29, 1.82) is 0 Å². The van der Waals surface area contributed by atoms with Gasteiger partial charge in [0.1, 0.15) is 0 Å². The second kappa shape index (κ2) is 10.7. The predicted molar refractivity (Wildman–Crippen MR) is 141 cm³/mol. The van der Waals surface area contributed by atoms with Gasteiger partial charge in [0.25, 0.3) is 0 Å². The van der Waals surface area contributed by atoms with E-state index in [-0.39, 0.29) is 23.4 Å². The van der Waals surface area contributed by atoms with Crippen LogP contribution in [0.1, 0.15) is 49.0 Å². The summed E-state index contributed by atoms with van der Waals surface area (Å²) in [6.07, 6.45) is 1.27. The van der Waals surface area contributed by atoms with E-state index in [1.165, 1.54) is 6.92 Å². The normalized spacial score (nSPS) is 15.0. The number of carbonyl (C=O) groups excluding carboxylic acids is 1. The maximum Gasteiger partial charge on any atom is 0.217 e. The lowest BCUT2D eigenvalue weighted by Gasteiger charge is -2.19. The molecule has 0 bridgehead atoms. The van der Waals surface area contributed by atoms with Crippen molar-refractivity contribution < 1.29 is 19.0 Å². The number of amides is 1. The van der Waals surface area contributed by atoms with Crippen LogP contribution in [0.4, 0.5) is 5.69 Å². The summed E-state index contributed by atoms with van der Waals surface area (Å²) in [6.45, 7) is 3.50. The van der Waals surface area contributed by atoms with Gasteiger partial charge < -0.3 is 24.8 Å². The molecule has 7 nitrogen and oxygen atoms in total. The minimum atomic E-state index is -0.342. The zero-order chi connectivity index (χ0) is 25.8. The highest BCUT2D eigenvalue weighted by Gasteiger charge is 2.29. The van der Waals surface area contributed by atoms with E-state index in [1.54, 1.807) is 33.5 Å². The Labute approximate surface area is 211 Å². The highest BCUT2D eigenvalue weighted by molar-refractivity contribution is 5.83. The highest BCUT2D eigenvalue weighted by Crippen LogP contribution is 2.50. The summed E-state index contributed by atoms with van der Waals surface area (Å²) in [4.78, 5) is 25.5. The van der Waals surface area contributed by atoms with Crippen LogP contribution in [0.15, 0.2) is 59.4 Å². The first-order valence-electron chi connectivity index (χ1n) is 12.0. The number of fused-ring (bicyclic) bond motifs is 3. The van der Waals surface area contributed by atoms with Crippen LogP contribution >= 0.6 is 0 Å². The Balaban J connectivity index is 1.93. The van der Waals surface area contributed by atoms with Gasteiger partial charge in [0, 0.05) is 18.5 Å². The molecule has 36 heavy (non-hydrogen) atoms. The zero-order valence-electron chi connectivity index (χ0n) is 21.3. The van der Waals surface area contributed by atoms with Crippen molar-refractivity contribution in [3.63, 3.8) is 0 Å². The smallest absolute Gasteiger partial charge is 0.217 e. The van der Waals surface area contributed by atoms with Crippen LogP contribution in [-0.2, 0) is 11.2 Å². The Bertz CT molecular complexity index is 1320. The molecule has 1 aliphatic rings. The van der Waals surface area contributed by atoms with Crippen LogP contribution < -0.4 is 30.3 Å². The summed E-state index contributed by atoms with van der Waals surface area (Å²) in [5, 5.41) is 6.39. The number of hydrogen-bond acceptors (Lipinski definition) is 6. The number of anilines is 1. The van der Waals surface area contributed by atoms with Gasteiger partial charge in [-0.1, -0.05) is 36.4 Å². The third-order valence-corrected chi connectivity index (χ3v) is 6.59. The first-order valence-corrected chi connectivity index (χ1v) is 12.0. The van der Waals surface area contributed by atoms with Gasteiger partial charge >= 0.3 is 0 Å². The van der Waals surface area contributed by atoms with E-state index in [9.17, 15) is 9.59 Å². The van der Waals surface area contributed by atoms with Crippen molar-refractivity contribution in [2.45, 2.75) is 38.8 Å². The van der Waals surface area contributed by atoms with Gasteiger partial charge in [-0.25, -0.2) is 0 Å². The number of carbonyl (C=O) groups is 1. The van der Waals surface area contributed by atoms with E-state index in [1.807, 2.05) is 49.4 Å². The summed E-state index contributed by atoms with van der Waals surface area (Å²) < 4.78 is 17.1. The molecule has 0 unspecified atom stereocenters. The SMILES string of the molecule is COc1cc2c(c(OC)c1OC)-c1ccc(N[C@@H](C)c3ccccc3)c(=O)cc1[C@H](NC(C)=O)CC2. The molecule has 1 aliphatic carbocycles. The van der Waals surface area contributed by atoms with Gasteiger partial charge in [-0.15, -0.1) is 0 Å². The Hall–Kier alpha value is -4.00. The Morgan fingerprint density at radius 1 is 0.972 bits per heavy atom. The van der Waals surface area contributed by atoms with Gasteiger partial charge in [0.2, 0.25) is 17.1 Å². The molecule has 0 spiro atoms. The molecule has 0 saturated carbocycles. The predicted octanol–water partition coefficient (Wildman–Crippen LogP) is 5.04. The Morgan fingerprint density at radius 2 is 1.69 bits per heavy atom. The number of methoxy groups -OCH3 is 3. The number of hydrogen-bond donors (Lipinski definition) is 2. The maximum absolute atomic E-state index is 13.4. The van der Waals surface area contributed by atoms with Crippen LogP contribution in [0.5, 0.6) is 17.2 Å². The Morgan fingerprint density at radius 3 is 2.33 bits per heavy atom. The highest BCUT2D eigenvalue weighted by atomic mass is 16.5. The number of aryl methyl sites for hydroxylation is 1. The van der Waals surface area contributed by atoms with Crippen LogP contribution in [0.2, 0.25) is 0 Å². The summed E-state index contributed by atoms with van der Waals surface area (Å²) in [5.41, 5.74) is 4.75. The third kappa shape index (κ3) is 4.87. The van der Waals surface area contributed by atoms with Crippen molar-refractivity contribution in [3.8, 4) is 28.4 Å². The molecule has 0 aromatic heterocycles. The molecule has 0 saturated heterocycles. The first kappa shape index (κ1) is 25.1. The summed E-state index contributed by atoms with van der Waals surface area (Å²) in [5.74, 6) is 1.42. The fourth-order valence-electron chi connectivity index (χ4n) is 4.89. The topological polar surface area (TPSA) is 85.9 Å². The lowest BCUT2D eigenvalue weighted by atomic mass is 9.95. The summed E-state index contributed by atoms with van der Waals surface area (Å²) in [6, 6.07) is 16.8. The molecule has 3 aromatic carbocycles. The number of nitrogens with one attached hydrogen (secondary N) is 2. The van der Waals surface area contributed by atoms with E-state index >= 15 is 0 Å². The third-order valence-electron chi connectivity index (χ3n) is 6.59. The lowest BCUT2D eigenvalue weighted by Crippen LogP contribution is -2.26. The minimum absolute atomic E-state index is 0.0709. The second-order valence-electron chi connectivity index (χ2n) is 8.87. The van der Waals surface area contributed by atoms with Gasteiger partial charge in [-0.3, -0.25) is 9.59 Å².